The third-order valence-electron chi connectivity index (χ3n) is 4.31. The fourth-order valence-corrected chi connectivity index (χ4v) is 3.23. The molecule has 0 saturated carbocycles. The summed E-state index contributed by atoms with van der Waals surface area (Å²) in [5.41, 5.74) is 6.49. The molecule has 0 aliphatic rings. The molecule has 0 bridgehead atoms. The number of carbonyl (C=O) groups is 1. The summed E-state index contributed by atoms with van der Waals surface area (Å²) in [6.45, 7) is 0. The van der Waals surface area contributed by atoms with E-state index in [2.05, 4.69) is 25.9 Å². The van der Waals surface area contributed by atoms with Gasteiger partial charge >= 0.3 is 5.69 Å². The van der Waals surface area contributed by atoms with Crippen molar-refractivity contribution < 1.29 is 9.18 Å². The zero-order valence-electron chi connectivity index (χ0n) is 14.6. The SMILES string of the molecule is Cn1c(=O)n(-c2ccc(F)cc2)c2nc(-c3ccc(Br)cc3)nc(C(N)=O)c21. The Morgan fingerprint density at radius 1 is 1.07 bits per heavy atom. The van der Waals surface area contributed by atoms with Gasteiger partial charge in [-0.3, -0.25) is 9.36 Å². The topological polar surface area (TPSA) is 95.8 Å². The van der Waals surface area contributed by atoms with E-state index in [9.17, 15) is 14.0 Å². The maximum Gasteiger partial charge on any atom is 0.334 e. The van der Waals surface area contributed by atoms with E-state index in [1.54, 1.807) is 12.1 Å². The Kier molecular flexibility index (Phi) is 4.31. The van der Waals surface area contributed by atoms with E-state index in [1.165, 1.54) is 40.4 Å². The molecule has 9 heteroatoms. The maximum absolute atomic E-state index is 13.3. The standard InChI is InChI=1S/C19H13BrFN5O2/c1-25-15-14(16(22)27)23-17(10-2-4-11(20)5-3-10)24-18(15)26(19(25)28)13-8-6-12(21)7-9-13/h2-9H,1H3,(H2,22,27). The lowest BCUT2D eigenvalue weighted by Gasteiger charge is -2.07. The van der Waals surface area contributed by atoms with Gasteiger partial charge in [-0.15, -0.1) is 0 Å². The van der Waals surface area contributed by atoms with E-state index in [4.69, 9.17) is 5.73 Å². The number of benzene rings is 2. The predicted octanol–water partition coefficient (Wildman–Crippen LogP) is 2.79. The van der Waals surface area contributed by atoms with Crippen LogP contribution >= 0.6 is 15.9 Å². The van der Waals surface area contributed by atoms with Crippen LogP contribution in [-0.2, 0) is 7.05 Å². The van der Waals surface area contributed by atoms with E-state index in [0.29, 0.717) is 11.3 Å². The van der Waals surface area contributed by atoms with Gasteiger partial charge < -0.3 is 5.73 Å². The summed E-state index contributed by atoms with van der Waals surface area (Å²) in [4.78, 5) is 33.7. The van der Waals surface area contributed by atoms with Crippen molar-refractivity contribution in [3.63, 3.8) is 0 Å². The average molecular weight is 442 g/mol. The molecule has 2 aromatic heterocycles. The number of amides is 1. The van der Waals surface area contributed by atoms with Crippen molar-refractivity contribution in [2.75, 3.05) is 0 Å². The molecule has 0 aliphatic heterocycles. The number of nitrogens with two attached hydrogens (primary N) is 1. The summed E-state index contributed by atoms with van der Waals surface area (Å²) in [7, 11) is 1.50. The van der Waals surface area contributed by atoms with Gasteiger partial charge in [0.15, 0.2) is 17.2 Å². The zero-order chi connectivity index (χ0) is 20.0. The van der Waals surface area contributed by atoms with Crippen molar-refractivity contribution in [3.05, 3.63) is 75.0 Å². The molecule has 1 amide bonds. The third kappa shape index (κ3) is 2.89. The largest absolute Gasteiger partial charge is 0.364 e. The van der Waals surface area contributed by atoms with Crippen LogP contribution in [0.1, 0.15) is 10.5 Å². The van der Waals surface area contributed by atoms with Gasteiger partial charge in [-0.2, -0.15) is 0 Å². The summed E-state index contributed by atoms with van der Waals surface area (Å²) in [6, 6.07) is 12.6. The van der Waals surface area contributed by atoms with Crippen LogP contribution in [0.2, 0.25) is 0 Å². The highest BCUT2D eigenvalue weighted by Gasteiger charge is 2.22. The summed E-state index contributed by atoms with van der Waals surface area (Å²) in [5.74, 6) is -0.965. The lowest BCUT2D eigenvalue weighted by Crippen LogP contribution is -2.21. The molecule has 140 valence electrons. The molecule has 4 aromatic rings. The first-order valence-electron chi connectivity index (χ1n) is 8.18. The lowest BCUT2D eigenvalue weighted by molar-refractivity contribution is 0.0997. The highest BCUT2D eigenvalue weighted by molar-refractivity contribution is 9.10. The number of aryl methyl sites for hydroxylation is 1. The summed E-state index contributed by atoms with van der Waals surface area (Å²) in [5, 5.41) is 0. The van der Waals surface area contributed by atoms with Crippen LogP contribution in [0.5, 0.6) is 0 Å². The Morgan fingerprint density at radius 2 is 1.71 bits per heavy atom. The summed E-state index contributed by atoms with van der Waals surface area (Å²) >= 11 is 3.36. The molecule has 0 aliphatic carbocycles. The van der Waals surface area contributed by atoms with Crippen molar-refractivity contribution in [2.45, 2.75) is 0 Å². The van der Waals surface area contributed by atoms with E-state index in [1.807, 2.05) is 12.1 Å². The molecular weight excluding hydrogens is 429 g/mol. The normalized spacial score (nSPS) is 11.1. The second kappa shape index (κ2) is 6.68. The van der Waals surface area contributed by atoms with Gasteiger partial charge in [0.1, 0.15) is 11.3 Å². The molecule has 2 heterocycles. The van der Waals surface area contributed by atoms with Crippen LogP contribution in [0.25, 0.3) is 28.2 Å². The van der Waals surface area contributed by atoms with Crippen molar-refractivity contribution in [2.24, 2.45) is 12.8 Å². The molecule has 2 N–H and O–H groups in total. The lowest BCUT2D eigenvalue weighted by atomic mass is 10.2. The highest BCUT2D eigenvalue weighted by Crippen LogP contribution is 2.24. The number of nitrogens with zero attached hydrogens (tertiary/aromatic N) is 4. The molecule has 0 fully saturated rings. The number of primary amides is 1. The smallest absolute Gasteiger partial charge is 0.334 e. The van der Waals surface area contributed by atoms with Gasteiger partial charge in [0.2, 0.25) is 0 Å². The zero-order valence-corrected chi connectivity index (χ0v) is 16.1. The number of imidazole rings is 1. The van der Waals surface area contributed by atoms with Crippen molar-refractivity contribution in [1.82, 2.24) is 19.1 Å². The monoisotopic (exact) mass is 441 g/mol. The van der Waals surface area contributed by atoms with Crippen molar-refractivity contribution >= 4 is 33.0 Å². The van der Waals surface area contributed by atoms with Crippen LogP contribution < -0.4 is 11.4 Å². The predicted molar refractivity (Wildman–Crippen MR) is 106 cm³/mol. The molecule has 0 atom stereocenters. The number of aromatic nitrogens is 4. The highest BCUT2D eigenvalue weighted by atomic mass is 79.9. The van der Waals surface area contributed by atoms with Gasteiger partial charge in [0.05, 0.1) is 5.69 Å². The number of hydrogen-bond acceptors (Lipinski definition) is 4. The molecule has 28 heavy (non-hydrogen) atoms. The van der Waals surface area contributed by atoms with E-state index in [-0.39, 0.29) is 22.7 Å². The fraction of sp³-hybridized carbons (Fsp3) is 0.0526. The quantitative estimate of drug-likeness (QED) is 0.528. The third-order valence-corrected chi connectivity index (χ3v) is 4.84. The Balaban J connectivity index is 2.09. The van der Waals surface area contributed by atoms with Crippen molar-refractivity contribution in [1.29, 1.82) is 0 Å². The maximum atomic E-state index is 13.3. The number of hydrogen-bond donors (Lipinski definition) is 1. The first-order valence-corrected chi connectivity index (χ1v) is 8.97. The molecule has 0 spiro atoms. The van der Waals surface area contributed by atoms with Crippen LogP contribution in [0.4, 0.5) is 4.39 Å². The van der Waals surface area contributed by atoms with Gasteiger partial charge in [0.25, 0.3) is 5.91 Å². The number of carbonyl (C=O) groups excluding carboxylic acids is 1. The van der Waals surface area contributed by atoms with Gasteiger partial charge in [-0.25, -0.2) is 23.7 Å². The second-order valence-corrected chi connectivity index (χ2v) is 7.01. The van der Waals surface area contributed by atoms with Gasteiger partial charge in [-0.1, -0.05) is 28.1 Å². The first kappa shape index (κ1) is 18.1. The molecule has 0 radical (unpaired) electrons. The molecule has 2 aromatic carbocycles. The molecule has 0 unspecified atom stereocenters. The van der Waals surface area contributed by atoms with Gasteiger partial charge in [0, 0.05) is 17.1 Å². The molecule has 7 nitrogen and oxygen atoms in total. The van der Waals surface area contributed by atoms with Crippen LogP contribution in [0, 0.1) is 5.82 Å². The van der Waals surface area contributed by atoms with Gasteiger partial charge in [-0.05, 0) is 36.4 Å². The second-order valence-electron chi connectivity index (χ2n) is 6.09. The van der Waals surface area contributed by atoms with E-state index < -0.39 is 17.4 Å². The Morgan fingerprint density at radius 3 is 2.32 bits per heavy atom. The number of halogens is 2. The minimum absolute atomic E-state index is 0.0663. The number of fused-ring (bicyclic) bond motifs is 1. The number of rotatable bonds is 3. The first-order chi connectivity index (χ1) is 13.4. The summed E-state index contributed by atoms with van der Waals surface area (Å²) < 4.78 is 16.7. The molecule has 4 rings (SSSR count). The Labute approximate surface area is 166 Å². The summed E-state index contributed by atoms with van der Waals surface area (Å²) in [6.07, 6.45) is 0. The van der Waals surface area contributed by atoms with Crippen LogP contribution in [0.3, 0.4) is 0 Å². The van der Waals surface area contributed by atoms with Crippen LogP contribution in [0.15, 0.2) is 57.8 Å². The minimum atomic E-state index is -0.780. The minimum Gasteiger partial charge on any atom is -0.364 e. The van der Waals surface area contributed by atoms with Crippen LogP contribution in [-0.4, -0.2) is 25.0 Å². The van der Waals surface area contributed by atoms with Crippen molar-refractivity contribution in [3.8, 4) is 17.1 Å². The average Bonchev–Trinajstić information content (AvgIpc) is 2.93. The Bertz CT molecular complexity index is 1280. The van der Waals surface area contributed by atoms with E-state index in [0.717, 1.165) is 4.47 Å². The molecule has 0 saturated heterocycles. The van der Waals surface area contributed by atoms with E-state index >= 15 is 0 Å². The fourth-order valence-electron chi connectivity index (χ4n) is 2.97. The Hall–Kier alpha value is -3.33. The molecular formula is C19H13BrFN5O2.